The molecule has 5 heteroatoms. The number of ether oxygens (including phenoxy) is 3. The minimum atomic E-state index is -0.260. The van der Waals surface area contributed by atoms with Crippen molar-refractivity contribution in [2.75, 3.05) is 20.3 Å². The van der Waals surface area contributed by atoms with Crippen molar-refractivity contribution in [2.45, 2.75) is 25.6 Å². The van der Waals surface area contributed by atoms with Crippen LogP contribution in [0.15, 0.2) is 12.1 Å². The van der Waals surface area contributed by atoms with Crippen molar-refractivity contribution in [3.63, 3.8) is 0 Å². The van der Waals surface area contributed by atoms with E-state index in [1.165, 1.54) is 23.3 Å². The van der Waals surface area contributed by atoms with Gasteiger partial charge in [0.05, 0.1) is 20.3 Å². The lowest BCUT2D eigenvalue weighted by Crippen LogP contribution is -2.07. The maximum absolute atomic E-state index is 11.3. The zero-order chi connectivity index (χ0) is 12.1. The highest BCUT2D eigenvalue weighted by molar-refractivity contribution is 7.13. The Labute approximate surface area is 104 Å². The highest BCUT2D eigenvalue weighted by atomic mass is 32.1. The van der Waals surface area contributed by atoms with E-state index in [4.69, 9.17) is 9.47 Å². The number of hydrogen-bond donors (Lipinski definition) is 0. The number of esters is 1. The standard InChI is InChI=1S/C12H16O4S/c1-14-12(13)10-6-5-9(17-10)3-2-4-11-15-7-8-16-11/h5-6,11H,2-4,7-8H2,1H3. The molecule has 1 saturated heterocycles. The number of carbonyl (C=O) groups is 1. The van der Waals surface area contributed by atoms with Crippen molar-refractivity contribution in [2.24, 2.45) is 0 Å². The lowest BCUT2D eigenvalue weighted by atomic mass is 10.2. The molecule has 2 rings (SSSR count). The van der Waals surface area contributed by atoms with Crippen molar-refractivity contribution in [1.29, 1.82) is 0 Å². The first-order valence-electron chi connectivity index (χ1n) is 5.70. The summed E-state index contributed by atoms with van der Waals surface area (Å²) in [5, 5.41) is 0. The fourth-order valence-corrected chi connectivity index (χ4v) is 2.71. The fraction of sp³-hybridized carbons (Fsp3) is 0.583. The predicted molar refractivity (Wildman–Crippen MR) is 64.3 cm³/mol. The Hall–Kier alpha value is -0.910. The van der Waals surface area contributed by atoms with Crippen molar-refractivity contribution in [3.8, 4) is 0 Å². The largest absolute Gasteiger partial charge is 0.465 e. The number of thiophene rings is 1. The van der Waals surface area contributed by atoms with Gasteiger partial charge in [0.15, 0.2) is 6.29 Å². The van der Waals surface area contributed by atoms with Gasteiger partial charge in [0.1, 0.15) is 4.88 Å². The molecule has 1 fully saturated rings. The van der Waals surface area contributed by atoms with Crippen molar-refractivity contribution >= 4 is 17.3 Å². The summed E-state index contributed by atoms with van der Waals surface area (Å²) in [5.74, 6) is -0.260. The second kappa shape index (κ2) is 6.14. The van der Waals surface area contributed by atoms with Gasteiger partial charge in [0.2, 0.25) is 0 Å². The Morgan fingerprint density at radius 2 is 2.24 bits per heavy atom. The van der Waals surface area contributed by atoms with Crippen LogP contribution < -0.4 is 0 Å². The number of aryl methyl sites for hydroxylation is 1. The molecule has 0 aliphatic carbocycles. The summed E-state index contributed by atoms with van der Waals surface area (Å²) in [5.41, 5.74) is 0. The first-order valence-corrected chi connectivity index (χ1v) is 6.51. The molecular formula is C12H16O4S. The molecule has 4 nitrogen and oxygen atoms in total. The maximum Gasteiger partial charge on any atom is 0.348 e. The molecule has 0 N–H and O–H groups in total. The average Bonchev–Trinajstić information content (AvgIpc) is 2.99. The number of rotatable bonds is 5. The van der Waals surface area contributed by atoms with Crippen LogP contribution in [0, 0.1) is 0 Å². The summed E-state index contributed by atoms with van der Waals surface area (Å²) in [6.45, 7) is 1.41. The van der Waals surface area contributed by atoms with E-state index >= 15 is 0 Å². The topological polar surface area (TPSA) is 44.8 Å². The molecule has 0 unspecified atom stereocenters. The highest BCUT2D eigenvalue weighted by Crippen LogP contribution is 2.20. The molecule has 0 spiro atoms. The summed E-state index contributed by atoms with van der Waals surface area (Å²) < 4.78 is 15.4. The first-order chi connectivity index (χ1) is 8.29. The van der Waals surface area contributed by atoms with Crippen LogP contribution in [0.2, 0.25) is 0 Å². The predicted octanol–water partition coefficient (Wildman–Crippen LogP) is 2.23. The minimum Gasteiger partial charge on any atom is -0.465 e. The van der Waals surface area contributed by atoms with Gasteiger partial charge in [-0.05, 0) is 31.4 Å². The van der Waals surface area contributed by atoms with E-state index in [1.54, 1.807) is 0 Å². The van der Waals surface area contributed by atoms with Gasteiger partial charge in [-0.15, -0.1) is 11.3 Å². The van der Waals surface area contributed by atoms with Gasteiger partial charge in [-0.25, -0.2) is 4.79 Å². The third-order valence-electron chi connectivity index (χ3n) is 2.60. The summed E-state index contributed by atoms with van der Waals surface area (Å²) in [6.07, 6.45) is 2.83. The molecule has 0 atom stereocenters. The second-order valence-electron chi connectivity index (χ2n) is 3.82. The van der Waals surface area contributed by atoms with Crippen LogP contribution in [-0.2, 0) is 20.6 Å². The van der Waals surface area contributed by atoms with Gasteiger partial charge in [-0.3, -0.25) is 0 Å². The molecule has 94 valence electrons. The zero-order valence-electron chi connectivity index (χ0n) is 9.81. The van der Waals surface area contributed by atoms with Gasteiger partial charge in [0.25, 0.3) is 0 Å². The molecule has 1 aromatic heterocycles. The monoisotopic (exact) mass is 256 g/mol. The normalized spacial score (nSPS) is 16.3. The van der Waals surface area contributed by atoms with Crippen molar-refractivity contribution in [1.82, 2.24) is 0 Å². The van der Waals surface area contributed by atoms with E-state index in [9.17, 15) is 4.79 Å². The molecular weight excluding hydrogens is 240 g/mol. The van der Waals surface area contributed by atoms with Crippen LogP contribution in [-0.4, -0.2) is 32.6 Å². The highest BCUT2D eigenvalue weighted by Gasteiger charge is 2.15. The summed E-state index contributed by atoms with van der Waals surface area (Å²) >= 11 is 1.49. The van der Waals surface area contributed by atoms with E-state index in [0.717, 1.165) is 19.3 Å². The van der Waals surface area contributed by atoms with Gasteiger partial charge in [0, 0.05) is 4.88 Å². The van der Waals surface area contributed by atoms with Crippen LogP contribution in [0.1, 0.15) is 27.4 Å². The van der Waals surface area contributed by atoms with Gasteiger partial charge < -0.3 is 14.2 Å². The Kier molecular flexibility index (Phi) is 4.53. The Morgan fingerprint density at radius 3 is 2.94 bits per heavy atom. The van der Waals surface area contributed by atoms with Crippen LogP contribution in [0.25, 0.3) is 0 Å². The van der Waals surface area contributed by atoms with Gasteiger partial charge in [-0.2, -0.15) is 0 Å². The van der Waals surface area contributed by atoms with Crippen LogP contribution in [0.4, 0.5) is 0 Å². The molecule has 0 radical (unpaired) electrons. The van der Waals surface area contributed by atoms with Gasteiger partial charge in [-0.1, -0.05) is 0 Å². The summed E-state index contributed by atoms with van der Waals surface area (Å²) in [7, 11) is 1.40. The lowest BCUT2D eigenvalue weighted by molar-refractivity contribution is -0.0475. The maximum atomic E-state index is 11.3. The van der Waals surface area contributed by atoms with Crippen LogP contribution in [0.5, 0.6) is 0 Å². The third-order valence-corrected chi connectivity index (χ3v) is 3.73. The van der Waals surface area contributed by atoms with Crippen LogP contribution in [0.3, 0.4) is 0 Å². The van der Waals surface area contributed by atoms with Crippen molar-refractivity contribution in [3.05, 3.63) is 21.9 Å². The number of methoxy groups -OCH3 is 1. The third kappa shape index (κ3) is 3.52. The molecule has 1 aliphatic rings. The lowest BCUT2D eigenvalue weighted by Gasteiger charge is -2.07. The van der Waals surface area contributed by atoms with E-state index in [-0.39, 0.29) is 12.3 Å². The molecule has 2 heterocycles. The van der Waals surface area contributed by atoms with Crippen LogP contribution >= 0.6 is 11.3 Å². The molecule has 0 amide bonds. The minimum absolute atomic E-state index is 0.0324. The van der Waals surface area contributed by atoms with Crippen molar-refractivity contribution < 1.29 is 19.0 Å². The molecule has 0 aromatic carbocycles. The average molecular weight is 256 g/mol. The van der Waals surface area contributed by atoms with E-state index in [0.29, 0.717) is 18.1 Å². The number of hydrogen-bond acceptors (Lipinski definition) is 5. The van der Waals surface area contributed by atoms with Gasteiger partial charge >= 0.3 is 5.97 Å². The number of carbonyl (C=O) groups excluding carboxylic acids is 1. The van der Waals surface area contributed by atoms with E-state index < -0.39 is 0 Å². The smallest absolute Gasteiger partial charge is 0.348 e. The Bertz CT molecular complexity index is 368. The zero-order valence-corrected chi connectivity index (χ0v) is 10.6. The quantitative estimate of drug-likeness (QED) is 0.758. The molecule has 1 aromatic rings. The van der Waals surface area contributed by atoms with E-state index in [2.05, 4.69) is 4.74 Å². The molecule has 17 heavy (non-hydrogen) atoms. The van der Waals surface area contributed by atoms with E-state index in [1.807, 2.05) is 12.1 Å². The Balaban J connectivity index is 1.74. The summed E-state index contributed by atoms with van der Waals surface area (Å²) in [4.78, 5) is 13.1. The summed E-state index contributed by atoms with van der Waals surface area (Å²) in [6, 6.07) is 3.79. The molecule has 0 saturated carbocycles. The molecule has 1 aliphatic heterocycles. The fourth-order valence-electron chi connectivity index (χ4n) is 1.74. The second-order valence-corrected chi connectivity index (χ2v) is 4.99. The first kappa shape index (κ1) is 12.5. The SMILES string of the molecule is COC(=O)c1ccc(CCCC2OCCO2)s1. The Morgan fingerprint density at radius 1 is 1.47 bits per heavy atom. The molecule has 0 bridgehead atoms.